The molecule has 0 saturated carbocycles. The zero-order valence-electron chi connectivity index (χ0n) is 17.5. The van der Waals surface area contributed by atoms with E-state index in [4.69, 9.17) is 10.1 Å². The van der Waals surface area contributed by atoms with E-state index >= 15 is 0 Å². The van der Waals surface area contributed by atoms with Crippen LogP contribution in [0.2, 0.25) is 0 Å². The van der Waals surface area contributed by atoms with Gasteiger partial charge in [0, 0.05) is 48.7 Å². The van der Waals surface area contributed by atoms with Crippen molar-refractivity contribution in [1.82, 2.24) is 29.4 Å². The molecule has 0 atom stereocenters. The number of benzene rings is 1. The van der Waals surface area contributed by atoms with E-state index in [-0.39, 0.29) is 0 Å². The molecule has 1 aromatic carbocycles. The smallest absolute Gasteiger partial charge is 0.165 e. The van der Waals surface area contributed by atoms with E-state index in [0.717, 1.165) is 56.1 Å². The number of hydrogen-bond acceptors (Lipinski definition) is 5. The van der Waals surface area contributed by atoms with E-state index in [9.17, 15) is 0 Å². The molecule has 0 saturated heterocycles. The SMILES string of the molecule is Cc1cc(NCc2ccncc2)n2nc(C)c(-c3ccc4c(c3)c(C)nn4C)c2n1. The van der Waals surface area contributed by atoms with Crippen molar-refractivity contribution in [1.29, 1.82) is 0 Å². The van der Waals surface area contributed by atoms with Crippen LogP contribution in [0, 0.1) is 20.8 Å². The van der Waals surface area contributed by atoms with Crippen LogP contribution in [0.25, 0.3) is 27.7 Å². The van der Waals surface area contributed by atoms with Gasteiger partial charge in [0.2, 0.25) is 0 Å². The number of fused-ring (bicyclic) bond motifs is 2. The third-order valence-electron chi connectivity index (χ3n) is 5.44. The molecule has 7 heteroatoms. The van der Waals surface area contributed by atoms with Crippen molar-refractivity contribution in [2.75, 3.05) is 5.32 Å². The molecular formula is C23H23N7. The lowest BCUT2D eigenvalue weighted by Crippen LogP contribution is -2.07. The molecule has 5 aromatic rings. The highest BCUT2D eigenvalue weighted by Gasteiger charge is 2.17. The van der Waals surface area contributed by atoms with Gasteiger partial charge in [-0.3, -0.25) is 9.67 Å². The van der Waals surface area contributed by atoms with Gasteiger partial charge in [-0.05, 0) is 56.2 Å². The maximum Gasteiger partial charge on any atom is 0.165 e. The van der Waals surface area contributed by atoms with E-state index in [1.54, 1.807) is 12.4 Å². The maximum absolute atomic E-state index is 4.83. The van der Waals surface area contributed by atoms with Crippen LogP contribution in [0.4, 0.5) is 5.82 Å². The lowest BCUT2D eigenvalue weighted by molar-refractivity contribution is 0.783. The minimum Gasteiger partial charge on any atom is -0.366 e. The standard InChI is InChI=1S/C23H23N7/c1-14-11-21(25-13-17-7-9-24-10-8-17)30-23(26-14)22(16(3)28-30)18-5-6-20-19(12-18)15(2)27-29(20)4/h5-12,25H,13H2,1-4H3. The van der Waals surface area contributed by atoms with E-state index in [2.05, 4.69) is 33.6 Å². The number of pyridine rings is 1. The van der Waals surface area contributed by atoms with Crippen molar-refractivity contribution in [2.24, 2.45) is 7.05 Å². The van der Waals surface area contributed by atoms with E-state index in [1.165, 1.54) is 0 Å². The number of aryl methyl sites for hydroxylation is 4. The number of rotatable bonds is 4. The monoisotopic (exact) mass is 397 g/mol. The van der Waals surface area contributed by atoms with Crippen molar-refractivity contribution in [3.8, 4) is 11.1 Å². The van der Waals surface area contributed by atoms with Crippen molar-refractivity contribution in [3.63, 3.8) is 0 Å². The summed E-state index contributed by atoms with van der Waals surface area (Å²) in [7, 11) is 1.97. The van der Waals surface area contributed by atoms with Gasteiger partial charge in [-0.25, -0.2) is 4.98 Å². The Morgan fingerprint density at radius 1 is 0.933 bits per heavy atom. The minimum absolute atomic E-state index is 0.691. The molecule has 0 fully saturated rings. The number of nitrogens with zero attached hydrogens (tertiary/aromatic N) is 6. The Kier molecular flexibility index (Phi) is 4.24. The van der Waals surface area contributed by atoms with Crippen LogP contribution in [-0.4, -0.2) is 29.4 Å². The summed E-state index contributed by atoms with van der Waals surface area (Å²) >= 11 is 0. The van der Waals surface area contributed by atoms with Gasteiger partial charge in [0.25, 0.3) is 0 Å². The molecular weight excluding hydrogens is 374 g/mol. The number of hydrogen-bond donors (Lipinski definition) is 1. The van der Waals surface area contributed by atoms with Gasteiger partial charge in [-0.15, -0.1) is 0 Å². The van der Waals surface area contributed by atoms with Gasteiger partial charge in [-0.2, -0.15) is 14.7 Å². The highest BCUT2D eigenvalue weighted by Crippen LogP contribution is 2.32. The lowest BCUT2D eigenvalue weighted by atomic mass is 10.0. The molecule has 0 unspecified atom stereocenters. The lowest BCUT2D eigenvalue weighted by Gasteiger charge is -2.10. The minimum atomic E-state index is 0.691. The van der Waals surface area contributed by atoms with Crippen molar-refractivity contribution in [2.45, 2.75) is 27.3 Å². The molecule has 0 bridgehead atoms. The van der Waals surface area contributed by atoms with Gasteiger partial charge in [0.05, 0.1) is 16.9 Å². The Morgan fingerprint density at radius 2 is 1.73 bits per heavy atom. The first-order valence-corrected chi connectivity index (χ1v) is 9.95. The van der Waals surface area contributed by atoms with Crippen LogP contribution < -0.4 is 5.32 Å². The highest BCUT2D eigenvalue weighted by molar-refractivity contribution is 5.90. The highest BCUT2D eigenvalue weighted by atomic mass is 15.3. The average Bonchev–Trinajstić information content (AvgIpc) is 3.22. The normalized spacial score (nSPS) is 11.5. The second kappa shape index (κ2) is 6.95. The van der Waals surface area contributed by atoms with E-state index in [0.29, 0.717) is 6.54 Å². The van der Waals surface area contributed by atoms with Crippen LogP contribution in [0.5, 0.6) is 0 Å². The van der Waals surface area contributed by atoms with Gasteiger partial charge in [0.15, 0.2) is 5.65 Å². The molecule has 4 aromatic heterocycles. The summed E-state index contributed by atoms with van der Waals surface area (Å²) in [5.41, 5.74) is 8.20. The van der Waals surface area contributed by atoms with Crippen LogP contribution in [-0.2, 0) is 13.6 Å². The van der Waals surface area contributed by atoms with Gasteiger partial charge >= 0.3 is 0 Å². The van der Waals surface area contributed by atoms with Crippen LogP contribution in [0.3, 0.4) is 0 Å². The van der Waals surface area contributed by atoms with Gasteiger partial charge in [-0.1, -0.05) is 6.07 Å². The first kappa shape index (κ1) is 18.3. The molecule has 30 heavy (non-hydrogen) atoms. The van der Waals surface area contributed by atoms with Crippen LogP contribution in [0.15, 0.2) is 48.8 Å². The molecule has 1 N–H and O–H groups in total. The Hall–Kier alpha value is -3.74. The van der Waals surface area contributed by atoms with Crippen molar-refractivity contribution in [3.05, 3.63) is 71.4 Å². The molecule has 0 aliphatic rings. The Labute approximate surface area is 174 Å². The first-order valence-electron chi connectivity index (χ1n) is 9.95. The van der Waals surface area contributed by atoms with E-state index in [1.807, 2.05) is 55.2 Å². The predicted octanol–water partition coefficient (Wildman–Crippen LogP) is 4.22. The summed E-state index contributed by atoms with van der Waals surface area (Å²) < 4.78 is 3.82. The Morgan fingerprint density at radius 3 is 2.53 bits per heavy atom. The van der Waals surface area contributed by atoms with Crippen LogP contribution >= 0.6 is 0 Å². The maximum atomic E-state index is 4.83. The molecule has 5 rings (SSSR count). The fraction of sp³-hybridized carbons (Fsp3) is 0.217. The largest absolute Gasteiger partial charge is 0.366 e. The molecule has 0 spiro atoms. The quantitative estimate of drug-likeness (QED) is 0.492. The first-order chi connectivity index (χ1) is 14.5. The van der Waals surface area contributed by atoms with Crippen molar-refractivity contribution >= 4 is 22.4 Å². The third-order valence-corrected chi connectivity index (χ3v) is 5.44. The number of aromatic nitrogens is 6. The van der Waals surface area contributed by atoms with Crippen molar-refractivity contribution < 1.29 is 0 Å². The summed E-state index contributed by atoms with van der Waals surface area (Å²) in [5.74, 6) is 0.919. The average molecular weight is 397 g/mol. The fourth-order valence-electron chi connectivity index (χ4n) is 4.00. The Bertz CT molecular complexity index is 1380. The summed E-state index contributed by atoms with van der Waals surface area (Å²) in [4.78, 5) is 8.91. The summed E-state index contributed by atoms with van der Waals surface area (Å²) in [6.45, 7) is 6.78. The second-order valence-electron chi connectivity index (χ2n) is 7.63. The topological polar surface area (TPSA) is 72.9 Å². The predicted molar refractivity (Wildman–Crippen MR) is 118 cm³/mol. The summed E-state index contributed by atoms with van der Waals surface area (Å²) in [5, 5.41) is 14.0. The van der Waals surface area contributed by atoms with Gasteiger partial charge < -0.3 is 5.32 Å². The Balaban J connectivity index is 1.62. The molecule has 0 amide bonds. The number of nitrogens with one attached hydrogen (secondary N) is 1. The zero-order valence-corrected chi connectivity index (χ0v) is 17.5. The molecule has 150 valence electrons. The summed E-state index contributed by atoms with van der Waals surface area (Å²) in [6, 6.07) is 12.5. The van der Waals surface area contributed by atoms with E-state index < -0.39 is 0 Å². The molecule has 0 radical (unpaired) electrons. The molecule has 0 aliphatic heterocycles. The van der Waals surface area contributed by atoms with Crippen LogP contribution in [0.1, 0.15) is 22.6 Å². The zero-order chi connectivity index (χ0) is 20.8. The second-order valence-corrected chi connectivity index (χ2v) is 7.63. The third kappa shape index (κ3) is 2.99. The molecule has 7 nitrogen and oxygen atoms in total. The number of anilines is 1. The molecule has 0 aliphatic carbocycles. The van der Waals surface area contributed by atoms with Gasteiger partial charge in [0.1, 0.15) is 5.82 Å². The molecule has 4 heterocycles. The fourth-order valence-corrected chi connectivity index (χ4v) is 4.00. The summed E-state index contributed by atoms with van der Waals surface area (Å²) in [6.07, 6.45) is 3.61.